The number of rotatable bonds is 10. The quantitative estimate of drug-likeness (QED) is 0.184. The number of alkyl halides is 6. The molecule has 1 amide bonds. The monoisotopic (exact) mass is 878 g/mol. The van der Waals surface area contributed by atoms with Gasteiger partial charge in [-0.1, -0.05) is 0 Å². The third-order valence-electron chi connectivity index (χ3n) is 11.2. The number of carboxylic acid groups (broad SMARTS) is 1. The second-order valence-electron chi connectivity index (χ2n) is 14.1. The molecule has 3 aliphatic carbocycles. The van der Waals surface area contributed by atoms with Crippen molar-refractivity contribution < 1.29 is 75.4 Å². The van der Waals surface area contributed by atoms with Crippen LogP contribution < -0.4 is 47.1 Å². The molecule has 1 spiro atoms. The van der Waals surface area contributed by atoms with Crippen LogP contribution in [0.1, 0.15) is 78.5 Å². The molecule has 3 heterocycles. The number of likely N-dealkylation sites (N-methyl/N-ethyl adjacent to an activating group) is 1. The van der Waals surface area contributed by atoms with Gasteiger partial charge >= 0.3 is 297 Å². The normalized spacial score (nSPS) is 34.0. The zero-order chi connectivity index (χ0) is 33.1. The van der Waals surface area contributed by atoms with Gasteiger partial charge in [0.1, 0.15) is 0 Å². The summed E-state index contributed by atoms with van der Waals surface area (Å²) in [6, 6.07) is 1.70. The minimum atomic E-state index is -2.64. The molecule has 258 valence electrons. The van der Waals surface area contributed by atoms with Gasteiger partial charge in [0.15, 0.2) is 0 Å². The van der Waals surface area contributed by atoms with E-state index in [0.717, 1.165) is 31.2 Å². The van der Waals surface area contributed by atoms with Crippen molar-refractivity contribution in [1.29, 1.82) is 0 Å². The second-order valence-corrected chi connectivity index (χ2v) is 20.7. The van der Waals surface area contributed by atoms with Gasteiger partial charge in [0.25, 0.3) is 0 Å². The van der Waals surface area contributed by atoms with Crippen LogP contribution in [0.25, 0.3) is 0 Å². The molecule has 0 radical (unpaired) electrons. The summed E-state index contributed by atoms with van der Waals surface area (Å²) >= 11 is -0.562. The van der Waals surface area contributed by atoms with E-state index in [-0.39, 0.29) is 49.1 Å². The molecule has 1 saturated heterocycles. The van der Waals surface area contributed by atoms with Crippen LogP contribution >= 0.6 is 0 Å². The van der Waals surface area contributed by atoms with Crippen molar-refractivity contribution in [2.45, 2.75) is 90.7 Å². The van der Waals surface area contributed by atoms with Gasteiger partial charge in [-0.05, 0) is 0 Å². The minimum absolute atomic E-state index is 0.00399. The number of aliphatic carboxylic acids is 1. The maximum atomic E-state index is 14.6. The van der Waals surface area contributed by atoms with Gasteiger partial charge in [-0.2, -0.15) is 0 Å². The zero-order valence-electron chi connectivity index (χ0n) is 26.7. The average Bonchev–Trinajstić information content (AvgIpc) is 3.98. The van der Waals surface area contributed by atoms with Crippen LogP contribution in [-0.4, -0.2) is 84.2 Å². The van der Waals surface area contributed by atoms with Crippen LogP contribution in [-0.2, 0) is 20.8 Å². The molecule has 1 aromatic rings. The van der Waals surface area contributed by atoms with E-state index in [1.807, 2.05) is 11.0 Å². The summed E-state index contributed by atoms with van der Waals surface area (Å²) < 4.78 is 36.7. The van der Waals surface area contributed by atoms with Gasteiger partial charge in [0.05, 0.1) is 0 Å². The molecule has 4 unspecified atom stereocenters. The molecular formula is C34H42F2I2N4O5-2. The van der Waals surface area contributed by atoms with E-state index in [0.29, 0.717) is 52.1 Å². The van der Waals surface area contributed by atoms with Crippen molar-refractivity contribution in [2.75, 3.05) is 29.1 Å². The van der Waals surface area contributed by atoms with Crippen LogP contribution in [0, 0.1) is 16.7 Å². The molecule has 0 aromatic heterocycles. The molecule has 2 saturated carbocycles. The van der Waals surface area contributed by atoms with Crippen LogP contribution in [0.5, 0.6) is 5.75 Å². The van der Waals surface area contributed by atoms with E-state index in [1.54, 1.807) is 6.92 Å². The molecule has 47 heavy (non-hydrogen) atoms. The fraction of sp³-hybridized carbons (Fsp3) is 0.676. The summed E-state index contributed by atoms with van der Waals surface area (Å²) in [4.78, 5) is 42.4. The van der Waals surface area contributed by atoms with Gasteiger partial charge in [0, 0.05) is 0 Å². The third kappa shape index (κ3) is 6.44. The predicted molar refractivity (Wildman–Crippen MR) is 161 cm³/mol. The first-order chi connectivity index (χ1) is 22.5. The first kappa shape index (κ1) is 33.6. The molecule has 6 aliphatic rings. The first-order valence-electron chi connectivity index (χ1n) is 16.6. The number of carboxylic acids is 1. The predicted octanol–water partition coefficient (Wildman–Crippen LogP) is -1.00. The number of ether oxygens (including phenoxy) is 1. The SMILES string of the molecule is CN1N=N[C@@H](COc2ccc(C3C[I-]3)c3c2C(C[I-][C@H]2CCC4(C=C4)CC2=O)N(C(=O)C2CCCC[C@]2(C)C(=O)O)CC3)C1C(F)F. The van der Waals surface area contributed by atoms with Crippen molar-refractivity contribution in [3.63, 3.8) is 0 Å². The Morgan fingerprint density at radius 1 is 1.21 bits per heavy atom. The summed E-state index contributed by atoms with van der Waals surface area (Å²) in [6.07, 6.45) is 7.31. The summed E-state index contributed by atoms with van der Waals surface area (Å²) in [5.74, 6) is -0.788. The fourth-order valence-corrected chi connectivity index (χ4v) is 13.3. The van der Waals surface area contributed by atoms with Crippen molar-refractivity contribution in [2.24, 2.45) is 27.1 Å². The summed E-state index contributed by atoms with van der Waals surface area (Å²) in [7, 11) is 1.49. The summed E-state index contributed by atoms with van der Waals surface area (Å²) in [5.41, 5.74) is 2.31. The van der Waals surface area contributed by atoms with E-state index >= 15 is 0 Å². The number of benzene rings is 1. The van der Waals surface area contributed by atoms with Crippen molar-refractivity contribution >= 4 is 17.7 Å². The van der Waals surface area contributed by atoms with Crippen LogP contribution in [0.15, 0.2) is 34.6 Å². The number of hydrogen-bond donors (Lipinski definition) is 1. The van der Waals surface area contributed by atoms with E-state index in [4.69, 9.17) is 4.74 Å². The van der Waals surface area contributed by atoms with E-state index in [1.165, 1.54) is 27.6 Å². The molecule has 1 aromatic carbocycles. The number of hydrogen-bond acceptors (Lipinski definition) is 7. The number of ketones is 1. The molecule has 3 aliphatic heterocycles. The Bertz CT molecular complexity index is 1500. The van der Waals surface area contributed by atoms with Gasteiger partial charge in [-0.25, -0.2) is 0 Å². The first-order valence-corrected chi connectivity index (χ1v) is 22.2. The van der Waals surface area contributed by atoms with Crippen LogP contribution in [0.2, 0.25) is 0 Å². The fourth-order valence-electron chi connectivity index (χ4n) is 8.09. The Labute approximate surface area is 294 Å². The summed E-state index contributed by atoms with van der Waals surface area (Å²) in [6.45, 7) is 2.14. The number of carbonyl (C=O) groups excluding carboxylic acids is 2. The molecule has 9 nitrogen and oxygen atoms in total. The van der Waals surface area contributed by atoms with Gasteiger partial charge in [-0.15, -0.1) is 0 Å². The number of halogens is 4. The number of allylic oxidation sites excluding steroid dienone is 2. The van der Waals surface area contributed by atoms with Crippen molar-refractivity contribution in [3.8, 4) is 5.75 Å². The maximum absolute atomic E-state index is 14.6. The van der Waals surface area contributed by atoms with Crippen molar-refractivity contribution in [1.82, 2.24) is 9.91 Å². The Hall–Kier alpha value is -1.91. The van der Waals surface area contributed by atoms with Gasteiger partial charge in [-0.3, -0.25) is 0 Å². The standard InChI is InChI=1S/C34H42F2I2N4O5/c1-33(32(45)46)10-4-3-5-21(33)31(44)42-14-9-20-19(23-16-37-23)6-7-27(47-18-24-29(30(35)36)41(2)40-39-24)28(20)25(42)17-38-22-8-11-34(12-13-34)15-26(22)43/h6-7,12-13,21-25,29-30H,3-5,8-11,14-18H2,1-2H3,(H,45,46)/q-2/t21?,22-,23?,24-,25?,29?,33-/m0/s1. The van der Waals surface area contributed by atoms with Crippen LogP contribution in [0.4, 0.5) is 8.78 Å². The Morgan fingerprint density at radius 3 is 2.68 bits per heavy atom. The van der Waals surface area contributed by atoms with E-state index < -0.39 is 57.0 Å². The molecule has 0 bridgehead atoms. The Balaban J connectivity index is 1.22. The molecular weight excluding hydrogens is 836 g/mol. The number of Topliss-reactive ketones (excluding diaryl/α,β-unsaturated/α-hetero) is 1. The number of fused-ring (bicyclic) bond motifs is 1. The average molecular weight is 879 g/mol. The molecule has 3 fully saturated rings. The van der Waals surface area contributed by atoms with Gasteiger partial charge in [0.2, 0.25) is 0 Å². The number of amides is 1. The molecule has 7 rings (SSSR count). The van der Waals surface area contributed by atoms with Crippen LogP contribution in [0.3, 0.4) is 0 Å². The third-order valence-corrected chi connectivity index (χ3v) is 17.4. The second kappa shape index (κ2) is 13.1. The molecule has 1 N–H and O–H groups in total. The molecule has 13 heteroatoms. The van der Waals surface area contributed by atoms with Gasteiger partial charge < -0.3 is 0 Å². The van der Waals surface area contributed by atoms with E-state index in [9.17, 15) is 28.3 Å². The Kier molecular flexibility index (Phi) is 9.35. The summed E-state index contributed by atoms with van der Waals surface area (Å²) in [5, 5.41) is 19.4. The number of carbonyl (C=O) groups is 3. The zero-order valence-corrected chi connectivity index (χ0v) is 31.0. The topological polar surface area (TPSA) is 112 Å². The van der Waals surface area contributed by atoms with E-state index in [2.05, 4.69) is 28.6 Å². The Morgan fingerprint density at radius 2 is 2.00 bits per heavy atom. The van der Waals surface area contributed by atoms with Crippen molar-refractivity contribution in [3.05, 3.63) is 41.0 Å². The molecule has 7 atom stereocenters. The number of nitrogens with zero attached hydrogens (tertiary/aromatic N) is 4.